The van der Waals surface area contributed by atoms with E-state index in [1.807, 2.05) is 0 Å². The van der Waals surface area contributed by atoms with Gasteiger partial charge in [-0.3, -0.25) is 9.69 Å². The summed E-state index contributed by atoms with van der Waals surface area (Å²) in [5.74, 6) is -0.502. The highest BCUT2D eigenvalue weighted by Crippen LogP contribution is 2.34. The Bertz CT molecular complexity index is 895. The predicted molar refractivity (Wildman–Crippen MR) is 103 cm³/mol. The van der Waals surface area contributed by atoms with Crippen molar-refractivity contribution in [1.82, 2.24) is 19.8 Å². The number of thiocarbonyl (C=S) groups is 1. The number of hydrogen-bond acceptors (Lipinski definition) is 5. The summed E-state index contributed by atoms with van der Waals surface area (Å²) in [6, 6.07) is 4.38. The number of allylic oxidation sites excluding steroid dienone is 1. The van der Waals surface area contributed by atoms with Gasteiger partial charge in [0.1, 0.15) is 17.6 Å². The molecule has 0 saturated heterocycles. The van der Waals surface area contributed by atoms with Crippen LogP contribution in [0.2, 0.25) is 0 Å². The molecule has 1 amide bonds. The maximum atomic E-state index is 14.1. The summed E-state index contributed by atoms with van der Waals surface area (Å²) < 4.78 is 18.0. The molecule has 136 valence electrons. The number of carbonyl (C=O) groups excluding carboxylic acids is 1. The minimum Gasteiger partial charge on any atom is -0.349 e. The average Bonchev–Trinajstić information content (AvgIpc) is 3.11. The number of likely N-dealkylation sites (N-methyl/N-ethyl adjacent to an activating group) is 1. The van der Waals surface area contributed by atoms with Gasteiger partial charge < -0.3 is 10.2 Å². The molecule has 0 saturated carbocycles. The normalized spacial score (nSPS) is 17.3. The van der Waals surface area contributed by atoms with Crippen LogP contribution in [0, 0.1) is 12.7 Å². The first-order valence-corrected chi connectivity index (χ1v) is 9.12. The third-order valence-corrected chi connectivity index (χ3v) is 5.03. The number of carbonyl (C=O) groups is 1. The van der Waals surface area contributed by atoms with Gasteiger partial charge in [0.25, 0.3) is 5.91 Å². The third-order valence-electron chi connectivity index (χ3n) is 4.21. The van der Waals surface area contributed by atoms with E-state index >= 15 is 0 Å². The van der Waals surface area contributed by atoms with E-state index in [-0.39, 0.29) is 11.7 Å². The van der Waals surface area contributed by atoms with Crippen molar-refractivity contribution in [1.29, 1.82) is 0 Å². The second-order valence-corrected chi connectivity index (χ2v) is 7.18. The number of nitrogens with one attached hydrogen (secondary N) is 1. The number of nitrogens with zero attached hydrogens (tertiary/aromatic N) is 4. The summed E-state index contributed by atoms with van der Waals surface area (Å²) in [7, 11) is 3.36. The molecule has 0 spiro atoms. The van der Waals surface area contributed by atoms with Crippen molar-refractivity contribution >= 4 is 40.5 Å². The zero-order chi connectivity index (χ0) is 19.0. The summed E-state index contributed by atoms with van der Waals surface area (Å²) in [5.41, 5.74) is 2.85. The molecule has 0 bridgehead atoms. The Morgan fingerprint density at radius 3 is 2.69 bits per heavy atom. The van der Waals surface area contributed by atoms with Crippen molar-refractivity contribution in [3.05, 3.63) is 51.9 Å². The van der Waals surface area contributed by atoms with Crippen molar-refractivity contribution in [3.63, 3.8) is 0 Å². The third kappa shape index (κ3) is 3.19. The molecule has 1 aromatic carbocycles. The van der Waals surface area contributed by atoms with Crippen LogP contribution in [0.3, 0.4) is 0 Å². The molecule has 1 aliphatic heterocycles. The quantitative estimate of drug-likeness (QED) is 0.812. The molecular weight excluding hydrogens is 373 g/mol. The second-order valence-electron chi connectivity index (χ2n) is 6.18. The molecule has 1 atom stereocenters. The first-order chi connectivity index (χ1) is 12.3. The zero-order valence-corrected chi connectivity index (χ0v) is 16.4. The number of aromatic nitrogens is 2. The van der Waals surface area contributed by atoms with Crippen LogP contribution in [0.5, 0.6) is 0 Å². The monoisotopic (exact) mass is 391 g/mol. The van der Waals surface area contributed by atoms with E-state index in [4.69, 9.17) is 12.2 Å². The van der Waals surface area contributed by atoms with E-state index in [0.29, 0.717) is 33.3 Å². The van der Waals surface area contributed by atoms with Gasteiger partial charge >= 0.3 is 0 Å². The topological polar surface area (TPSA) is 61.4 Å². The Morgan fingerprint density at radius 1 is 1.38 bits per heavy atom. The molecular formula is C17H18FN5OS2. The zero-order valence-electron chi connectivity index (χ0n) is 14.8. The number of amides is 1. The summed E-state index contributed by atoms with van der Waals surface area (Å²) in [5, 5.41) is 9.39. The van der Waals surface area contributed by atoms with Gasteiger partial charge in [-0.15, -0.1) is 5.10 Å². The molecule has 0 fully saturated rings. The van der Waals surface area contributed by atoms with E-state index in [1.165, 1.54) is 22.5 Å². The minimum atomic E-state index is -0.498. The fourth-order valence-electron chi connectivity index (χ4n) is 2.81. The number of anilines is 1. The van der Waals surface area contributed by atoms with Gasteiger partial charge in [0, 0.05) is 25.2 Å². The van der Waals surface area contributed by atoms with Crippen LogP contribution in [0.1, 0.15) is 24.2 Å². The van der Waals surface area contributed by atoms with Crippen molar-refractivity contribution in [3.8, 4) is 0 Å². The van der Waals surface area contributed by atoms with Gasteiger partial charge in [0.2, 0.25) is 0 Å². The lowest BCUT2D eigenvalue weighted by atomic mass is 9.98. The average molecular weight is 391 g/mol. The van der Waals surface area contributed by atoms with E-state index < -0.39 is 6.04 Å². The Kier molecular flexibility index (Phi) is 5.01. The molecule has 6 nitrogen and oxygen atoms in total. The number of hydrogen-bond donors (Lipinski definition) is 1. The molecule has 2 aromatic rings. The first kappa shape index (κ1) is 18.4. The minimum absolute atomic E-state index is 0.173. The van der Waals surface area contributed by atoms with Gasteiger partial charge in [-0.2, -0.15) is 0 Å². The summed E-state index contributed by atoms with van der Waals surface area (Å²) >= 11 is 6.71. The van der Waals surface area contributed by atoms with E-state index in [0.717, 1.165) is 0 Å². The van der Waals surface area contributed by atoms with Gasteiger partial charge in [-0.05, 0) is 55.3 Å². The molecule has 0 radical (unpaired) electrons. The fourth-order valence-corrected chi connectivity index (χ4v) is 3.65. The number of halogens is 1. The van der Waals surface area contributed by atoms with Gasteiger partial charge in [-0.1, -0.05) is 10.6 Å². The van der Waals surface area contributed by atoms with Gasteiger partial charge in [0.05, 0.1) is 11.3 Å². The Balaban J connectivity index is 2.16. The summed E-state index contributed by atoms with van der Waals surface area (Å²) in [6.07, 6.45) is 0. The Labute approximate surface area is 160 Å². The van der Waals surface area contributed by atoms with Crippen LogP contribution in [0.4, 0.5) is 10.1 Å². The summed E-state index contributed by atoms with van der Waals surface area (Å²) in [4.78, 5) is 16.0. The molecule has 1 aliphatic rings. The Hall–Kier alpha value is -2.39. The van der Waals surface area contributed by atoms with Crippen LogP contribution in [-0.4, -0.2) is 39.6 Å². The SMILES string of the molecule is CC1=C(C(=O)N(C)C)C(c2csnn2)NC(=S)N1c1ccc(C)c(F)c1. The highest BCUT2D eigenvalue weighted by atomic mass is 32.1. The van der Waals surface area contributed by atoms with Gasteiger partial charge in [-0.25, -0.2) is 4.39 Å². The van der Waals surface area contributed by atoms with Crippen LogP contribution < -0.4 is 10.2 Å². The molecule has 3 rings (SSSR count). The molecule has 1 unspecified atom stereocenters. The lowest BCUT2D eigenvalue weighted by molar-refractivity contribution is -0.125. The van der Waals surface area contributed by atoms with Crippen molar-refractivity contribution < 1.29 is 9.18 Å². The number of benzene rings is 1. The number of aryl methyl sites for hydroxylation is 1. The van der Waals surface area contributed by atoms with E-state index in [9.17, 15) is 9.18 Å². The predicted octanol–water partition coefficient (Wildman–Crippen LogP) is 2.78. The smallest absolute Gasteiger partial charge is 0.253 e. The Morgan fingerprint density at radius 2 is 2.12 bits per heavy atom. The maximum Gasteiger partial charge on any atom is 0.253 e. The highest BCUT2D eigenvalue weighted by Gasteiger charge is 2.36. The van der Waals surface area contributed by atoms with Gasteiger partial charge in [0.15, 0.2) is 5.11 Å². The second kappa shape index (κ2) is 7.08. The highest BCUT2D eigenvalue weighted by molar-refractivity contribution is 7.80. The van der Waals surface area contributed by atoms with Crippen molar-refractivity contribution in [2.45, 2.75) is 19.9 Å². The molecule has 1 N–H and O–H groups in total. The summed E-state index contributed by atoms with van der Waals surface area (Å²) in [6.45, 7) is 3.50. The van der Waals surface area contributed by atoms with E-state index in [1.54, 1.807) is 50.4 Å². The molecule has 0 aliphatic carbocycles. The molecule has 26 heavy (non-hydrogen) atoms. The molecule has 2 heterocycles. The van der Waals surface area contributed by atoms with Crippen LogP contribution in [0.15, 0.2) is 34.8 Å². The van der Waals surface area contributed by atoms with E-state index in [2.05, 4.69) is 14.9 Å². The lowest BCUT2D eigenvalue weighted by Gasteiger charge is -2.37. The van der Waals surface area contributed by atoms with Crippen molar-refractivity contribution in [2.24, 2.45) is 0 Å². The van der Waals surface area contributed by atoms with Crippen LogP contribution >= 0.6 is 23.8 Å². The first-order valence-electron chi connectivity index (χ1n) is 7.87. The van der Waals surface area contributed by atoms with Crippen LogP contribution in [0.25, 0.3) is 0 Å². The fraction of sp³-hybridized carbons (Fsp3) is 0.294. The lowest BCUT2D eigenvalue weighted by Crippen LogP contribution is -2.49. The molecule has 1 aromatic heterocycles. The largest absolute Gasteiger partial charge is 0.349 e. The number of rotatable bonds is 3. The van der Waals surface area contributed by atoms with Crippen LogP contribution in [-0.2, 0) is 4.79 Å². The standard InChI is InChI=1S/C17H18FN5OS2/c1-9-5-6-11(7-12(9)18)23-10(2)14(16(24)22(3)4)15(19-17(23)25)13-8-26-21-20-13/h5-8,15H,1-4H3,(H,19,25). The van der Waals surface area contributed by atoms with Crippen molar-refractivity contribution in [2.75, 3.05) is 19.0 Å². The maximum absolute atomic E-state index is 14.1. The molecule has 9 heteroatoms.